The van der Waals surface area contributed by atoms with E-state index in [4.69, 9.17) is 13.7 Å². The zero-order valence-electron chi connectivity index (χ0n) is 17.5. The summed E-state index contributed by atoms with van der Waals surface area (Å²) < 4.78 is 15.8. The average Bonchev–Trinajstić information content (AvgIpc) is 3.35. The first-order valence-corrected chi connectivity index (χ1v) is 10.4. The first-order chi connectivity index (χ1) is 14.5. The molecule has 0 bridgehead atoms. The molecule has 2 aliphatic heterocycles. The van der Waals surface area contributed by atoms with Gasteiger partial charge in [0.25, 0.3) is 5.91 Å². The van der Waals surface area contributed by atoms with Gasteiger partial charge in [0.15, 0.2) is 0 Å². The predicted molar refractivity (Wildman–Crippen MR) is 107 cm³/mol. The number of aryl methyl sites for hydroxylation is 1. The predicted octanol–water partition coefficient (Wildman–Crippen LogP) is 1.40. The molecule has 2 unspecified atom stereocenters. The molecule has 0 aromatic carbocycles. The zero-order chi connectivity index (χ0) is 21.1. The zero-order valence-corrected chi connectivity index (χ0v) is 17.5. The van der Waals surface area contributed by atoms with Crippen LogP contribution in [0.4, 0.5) is 0 Å². The highest BCUT2D eigenvalue weighted by atomic mass is 16.5. The minimum atomic E-state index is -0.229. The summed E-state index contributed by atoms with van der Waals surface area (Å²) >= 11 is 0. The van der Waals surface area contributed by atoms with Crippen molar-refractivity contribution in [1.29, 1.82) is 0 Å². The summed E-state index contributed by atoms with van der Waals surface area (Å²) in [5.74, 6) is 0.403. The fourth-order valence-electron chi connectivity index (χ4n) is 4.35. The summed E-state index contributed by atoms with van der Waals surface area (Å²) in [5.41, 5.74) is 1.11. The number of esters is 1. The van der Waals surface area contributed by atoms with E-state index in [-0.39, 0.29) is 23.8 Å². The number of amides is 1. The van der Waals surface area contributed by atoms with Crippen LogP contribution < -0.4 is 0 Å². The Kier molecular flexibility index (Phi) is 6.19. The molecular weight excluding hydrogens is 388 g/mol. The topological polar surface area (TPSA) is 92.3 Å². The summed E-state index contributed by atoms with van der Waals surface area (Å²) in [4.78, 5) is 31.9. The van der Waals surface area contributed by atoms with Crippen molar-refractivity contribution in [3.63, 3.8) is 0 Å². The summed E-state index contributed by atoms with van der Waals surface area (Å²) in [6, 6.07) is 3.93. The Hall–Kier alpha value is -2.65. The number of carbonyl (C=O) groups is 2. The molecule has 9 nitrogen and oxygen atoms in total. The van der Waals surface area contributed by atoms with Crippen molar-refractivity contribution in [2.75, 3.05) is 45.9 Å². The van der Waals surface area contributed by atoms with E-state index >= 15 is 0 Å². The van der Waals surface area contributed by atoms with Gasteiger partial charge < -0.3 is 18.6 Å². The van der Waals surface area contributed by atoms with E-state index in [1.165, 1.54) is 6.26 Å². The van der Waals surface area contributed by atoms with Crippen LogP contribution in [0.15, 0.2) is 33.6 Å². The molecule has 4 rings (SSSR count). The van der Waals surface area contributed by atoms with Crippen molar-refractivity contribution in [3.05, 3.63) is 41.7 Å². The minimum Gasteiger partial charge on any atom is -0.468 e. The fraction of sp³-hybridized carbons (Fsp3) is 0.571. The van der Waals surface area contributed by atoms with Gasteiger partial charge in [-0.15, -0.1) is 0 Å². The molecule has 0 N–H and O–H groups in total. The van der Waals surface area contributed by atoms with Crippen LogP contribution in [-0.4, -0.2) is 83.7 Å². The van der Waals surface area contributed by atoms with E-state index < -0.39 is 0 Å². The number of hydrogen-bond donors (Lipinski definition) is 0. The summed E-state index contributed by atoms with van der Waals surface area (Å²) in [7, 11) is 0. The molecule has 0 spiro atoms. The van der Waals surface area contributed by atoms with Crippen molar-refractivity contribution in [1.82, 2.24) is 19.9 Å². The smallest absolute Gasteiger partial charge is 0.311 e. The van der Waals surface area contributed by atoms with Crippen LogP contribution in [0.5, 0.6) is 0 Å². The second-order valence-corrected chi connectivity index (χ2v) is 7.94. The maximum absolute atomic E-state index is 12.9. The third-order valence-corrected chi connectivity index (χ3v) is 5.85. The van der Waals surface area contributed by atoms with Crippen molar-refractivity contribution >= 4 is 11.9 Å². The van der Waals surface area contributed by atoms with Gasteiger partial charge in [0.1, 0.15) is 17.6 Å². The number of piperazine rings is 1. The summed E-state index contributed by atoms with van der Waals surface area (Å²) in [6.45, 7) is 8.47. The van der Waals surface area contributed by atoms with Gasteiger partial charge in [-0.3, -0.25) is 19.4 Å². The molecule has 2 atom stereocenters. The van der Waals surface area contributed by atoms with Gasteiger partial charge >= 0.3 is 5.97 Å². The van der Waals surface area contributed by atoms with E-state index in [0.717, 1.165) is 12.3 Å². The Labute approximate surface area is 175 Å². The van der Waals surface area contributed by atoms with Crippen molar-refractivity contribution in [3.8, 4) is 0 Å². The Morgan fingerprint density at radius 2 is 2.10 bits per heavy atom. The van der Waals surface area contributed by atoms with Crippen molar-refractivity contribution in [2.45, 2.75) is 26.4 Å². The lowest BCUT2D eigenvalue weighted by Gasteiger charge is -2.41. The first kappa shape index (κ1) is 20.6. The number of ether oxygens (including phenoxy) is 1. The second kappa shape index (κ2) is 9.01. The van der Waals surface area contributed by atoms with Gasteiger partial charge in [0, 0.05) is 45.3 Å². The first-order valence-electron chi connectivity index (χ1n) is 10.4. The number of fused-ring (bicyclic) bond motifs is 1. The number of hydrogen-bond acceptors (Lipinski definition) is 8. The third kappa shape index (κ3) is 4.41. The molecule has 2 saturated heterocycles. The summed E-state index contributed by atoms with van der Waals surface area (Å²) in [5, 5.41) is 3.83. The molecular formula is C21H28N4O5. The normalized spacial score (nSPS) is 23.1. The largest absolute Gasteiger partial charge is 0.468 e. The van der Waals surface area contributed by atoms with Crippen LogP contribution in [-0.2, 0) is 16.1 Å². The highest BCUT2D eigenvalue weighted by molar-refractivity contribution is 5.94. The van der Waals surface area contributed by atoms with E-state index in [2.05, 4.69) is 15.0 Å². The quantitative estimate of drug-likeness (QED) is 0.676. The molecule has 2 aliphatic rings. The number of aromatic nitrogens is 1. The van der Waals surface area contributed by atoms with Crippen LogP contribution in [0.1, 0.15) is 28.7 Å². The van der Waals surface area contributed by atoms with Crippen LogP contribution in [0.2, 0.25) is 0 Å². The van der Waals surface area contributed by atoms with Gasteiger partial charge in [0.05, 0.1) is 31.0 Å². The van der Waals surface area contributed by atoms with E-state index in [1.54, 1.807) is 13.2 Å². The van der Waals surface area contributed by atoms with Gasteiger partial charge in [-0.1, -0.05) is 5.16 Å². The molecule has 4 heterocycles. The van der Waals surface area contributed by atoms with E-state index in [1.807, 2.05) is 24.0 Å². The number of nitrogens with zero attached hydrogens (tertiary/aromatic N) is 4. The monoisotopic (exact) mass is 416 g/mol. The van der Waals surface area contributed by atoms with Gasteiger partial charge in [-0.05, 0) is 26.0 Å². The standard InChI is InChI=1S/C21H28N4O5/c1-3-28-21(27)16-9-23(13-18-5-4-8-29-18)11-17-12-25(7-6-24(17)10-16)20(26)19-14-30-22-15(19)2/h4-5,8,14,16-17H,3,6-7,9-13H2,1-2H3. The molecule has 0 saturated carbocycles. The Balaban J connectivity index is 1.50. The molecule has 1 amide bonds. The average molecular weight is 416 g/mol. The Morgan fingerprint density at radius 1 is 1.23 bits per heavy atom. The maximum Gasteiger partial charge on any atom is 0.311 e. The number of furan rings is 1. The minimum absolute atomic E-state index is 0.0582. The number of rotatable bonds is 5. The second-order valence-electron chi connectivity index (χ2n) is 7.94. The van der Waals surface area contributed by atoms with Crippen molar-refractivity contribution in [2.24, 2.45) is 5.92 Å². The molecule has 2 aromatic rings. The molecule has 30 heavy (non-hydrogen) atoms. The molecule has 2 fully saturated rings. The maximum atomic E-state index is 12.9. The van der Waals surface area contributed by atoms with E-state index in [0.29, 0.717) is 57.1 Å². The van der Waals surface area contributed by atoms with E-state index in [9.17, 15) is 9.59 Å². The van der Waals surface area contributed by atoms with Crippen LogP contribution in [0, 0.1) is 12.8 Å². The lowest BCUT2D eigenvalue weighted by atomic mass is 10.1. The lowest BCUT2D eigenvalue weighted by Crippen LogP contribution is -2.57. The van der Waals surface area contributed by atoms with Crippen LogP contribution in [0.25, 0.3) is 0 Å². The van der Waals surface area contributed by atoms with Crippen molar-refractivity contribution < 1.29 is 23.3 Å². The molecule has 0 aliphatic carbocycles. The highest BCUT2D eigenvalue weighted by Crippen LogP contribution is 2.23. The molecule has 0 radical (unpaired) electrons. The molecule has 162 valence electrons. The number of carbonyl (C=O) groups excluding carboxylic acids is 2. The van der Waals surface area contributed by atoms with Gasteiger partial charge in [-0.25, -0.2) is 0 Å². The van der Waals surface area contributed by atoms with Crippen LogP contribution in [0.3, 0.4) is 0 Å². The Morgan fingerprint density at radius 3 is 2.80 bits per heavy atom. The highest BCUT2D eigenvalue weighted by Gasteiger charge is 2.38. The lowest BCUT2D eigenvalue weighted by molar-refractivity contribution is -0.149. The van der Waals surface area contributed by atoms with Crippen LogP contribution >= 0.6 is 0 Å². The molecule has 2 aromatic heterocycles. The Bertz CT molecular complexity index is 865. The van der Waals surface area contributed by atoms with Gasteiger partial charge in [0.2, 0.25) is 0 Å². The van der Waals surface area contributed by atoms with Gasteiger partial charge in [-0.2, -0.15) is 0 Å². The summed E-state index contributed by atoms with van der Waals surface area (Å²) in [6.07, 6.45) is 3.07. The fourth-order valence-corrected chi connectivity index (χ4v) is 4.35. The third-order valence-electron chi connectivity index (χ3n) is 5.85. The molecule has 9 heteroatoms. The SMILES string of the molecule is CCOC(=O)C1CN(Cc2ccco2)CC2CN(C(=O)c3conc3C)CCN2C1.